The molecule has 5 heteroatoms. The van der Waals surface area contributed by atoms with Gasteiger partial charge in [-0.2, -0.15) is 0 Å². The zero-order chi connectivity index (χ0) is 19.9. The molecule has 1 unspecified atom stereocenters. The lowest BCUT2D eigenvalue weighted by Crippen LogP contribution is -2.32. The highest BCUT2D eigenvalue weighted by molar-refractivity contribution is 5.99. The van der Waals surface area contributed by atoms with Crippen LogP contribution in [0, 0.1) is 0 Å². The standard InChI is InChI=1S/C23H25N3O2/c1-3-16(2)25-23(28)18-10-6-11-19(14-18)26-22(27)15-24-21-13-7-9-17-8-4-5-12-20(17)21/h4-14,16,24H,3,15H2,1-2H3,(H,25,28)(H,26,27). The molecule has 0 fully saturated rings. The van der Waals surface area contributed by atoms with Crippen LogP contribution in [-0.4, -0.2) is 24.4 Å². The van der Waals surface area contributed by atoms with Gasteiger partial charge >= 0.3 is 0 Å². The largest absolute Gasteiger partial charge is 0.376 e. The molecule has 0 heterocycles. The fourth-order valence-corrected chi connectivity index (χ4v) is 2.91. The summed E-state index contributed by atoms with van der Waals surface area (Å²) in [4.78, 5) is 24.6. The van der Waals surface area contributed by atoms with Gasteiger partial charge in [0, 0.05) is 28.4 Å². The number of nitrogens with one attached hydrogen (secondary N) is 3. The predicted molar refractivity (Wildman–Crippen MR) is 115 cm³/mol. The van der Waals surface area contributed by atoms with Crippen LogP contribution in [0.2, 0.25) is 0 Å². The second-order valence-corrected chi connectivity index (χ2v) is 6.79. The Morgan fingerprint density at radius 3 is 2.54 bits per heavy atom. The van der Waals surface area contributed by atoms with Crippen LogP contribution in [0.3, 0.4) is 0 Å². The number of rotatable bonds is 7. The van der Waals surface area contributed by atoms with Crippen LogP contribution in [0.15, 0.2) is 66.7 Å². The number of benzene rings is 3. The lowest BCUT2D eigenvalue weighted by molar-refractivity contribution is -0.114. The number of fused-ring (bicyclic) bond motifs is 1. The quantitative estimate of drug-likeness (QED) is 0.572. The predicted octanol–water partition coefficient (Wildman–Crippen LogP) is 4.42. The first-order chi connectivity index (χ1) is 13.6. The Hall–Kier alpha value is -3.34. The molecule has 0 bridgehead atoms. The maximum atomic E-state index is 12.4. The first-order valence-electron chi connectivity index (χ1n) is 9.49. The van der Waals surface area contributed by atoms with Crippen molar-refractivity contribution in [1.82, 2.24) is 5.32 Å². The molecule has 3 rings (SSSR count). The van der Waals surface area contributed by atoms with Gasteiger partial charge in [0.2, 0.25) is 5.91 Å². The molecule has 0 aliphatic heterocycles. The Morgan fingerprint density at radius 1 is 0.964 bits per heavy atom. The Kier molecular flexibility index (Phi) is 6.27. The lowest BCUT2D eigenvalue weighted by Gasteiger charge is -2.13. The lowest BCUT2D eigenvalue weighted by atomic mass is 10.1. The third kappa shape index (κ3) is 4.88. The van der Waals surface area contributed by atoms with E-state index in [1.54, 1.807) is 24.3 Å². The number of carbonyl (C=O) groups is 2. The maximum absolute atomic E-state index is 12.4. The van der Waals surface area contributed by atoms with Crippen LogP contribution >= 0.6 is 0 Å². The first kappa shape index (κ1) is 19.4. The smallest absolute Gasteiger partial charge is 0.251 e. The van der Waals surface area contributed by atoms with Gasteiger partial charge < -0.3 is 16.0 Å². The van der Waals surface area contributed by atoms with Crippen LogP contribution in [0.5, 0.6) is 0 Å². The molecule has 2 amide bonds. The molecule has 0 aliphatic rings. The SMILES string of the molecule is CCC(C)NC(=O)c1cccc(NC(=O)CNc2cccc3ccccc23)c1. The van der Waals surface area contributed by atoms with Gasteiger partial charge in [0.05, 0.1) is 6.54 Å². The molecule has 0 aliphatic carbocycles. The molecular weight excluding hydrogens is 350 g/mol. The van der Waals surface area contributed by atoms with Crippen LogP contribution in [0.25, 0.3) is 10.8 Å². The summed E-state index contributed by atoms with van der Waals surface area (Å²) >= 11 is 0. The van der Waals surface area contributed by atoms with Crippen molar-refractivity contribution in [1.29, 1.82) is 0 Å². The molecule has 0 saturated heterocycles. The van der Waals surface area contributed by atoms with Crippen molar-refractivity contribution in [2.24, 2.45) is 0 Å². The average Bonchev–Trinajstić information content (AvgIpc) is 2.72. The third-order valence-electron chi connectivity index (χ3n) is 4.63. The third-order valence-corrected chi connectivity index (χ3v) is 4.63. The molecule has 3 aromatic rings. The molecule has 0 saturated carbocycles. The number of hydrogen-bond donors (Lipinski definition) is 3. The van der Waals surface area contributed by atoms with E-state index in [2.05, 4.69) is 16.0 Å². The van der Waals surface area contributed by atoms with Crippen LogP contribution < -0.4 is 16.0 Å². The zero-order valence-corrected chi connectivity index (χ0v) is 16.2. The highest BCUT2D eigenvalue weighted by Gasteiger charge is 2.10. The van der Waals surface area contributed by atoms with E-state index in [0.717, 1.165) is 22.9 Å². The minimum Gasteiger partial charge on any atom is -0.376 e. The Bertz CT molecular complexity index is 979. The van der Waals surface area contributed by atoms with Crippen molar-refractivity contribution < 1.29 is 9.59 Å². The molecular formula is C23H25N3O2. The van der Waals surface area contributed by atoms with Crippen molar-refractivity contribution in [3.63, 3.8) is 0 Å². The van der Waals surface area contributed by atoms with Gasteiger partial charge in [-0.25, -0.2) is 0 Å². The summed E-state index contributed by atoms with van der Waals surface area (Å²) < 4.78 is 0. The van der Waals surface area contributed by atoms with Crippen LogP contribution in [0.1, 0.15) is 30.6 Å². The molecule has 3 aromatic carbocycles. The second-order valence-electron chi connectivity index (χ2n) is 6.79. The van der Waals surface area contributed by atoms with Gasteiger partial charge in [-0.3, -0.25) is 9.59 Å². The van der Waals surface area contributed by atoms with Gasteiger partial charge in [-0.1, -0.05) is 49.4 Å². The van der Waals surface area contributed by atoms with Crippen LogP contribution in [-0.2, 0) is 4.79 Å². The highest BCUT2D eigenvalue weighted by atomic mass is 16.2. The minimum absolute atomic E-state index is 0.107. The van der Waals surface area contributed by atoms with E-state index >= 15 is 0 Å². The van der Waals surface area contributed by atoms with Gasteiger partial charge in [0.1, 0.15) is 0 Å². The Morgan fingerprint density at radius 2 is 1.71 bits per heavy atom. The van der Waals surface area contributed by atoms with Gasteiger partial charge in [0.25, 0.3) is 5.91 Å². The Labute approximate surface area is 165 Å². The summed E-state index contributed by atoms with van der Waals surface area (Å²) in [5.41, 5.74) is 2.04. The van der Waals surface area contributed by atoms with Crippen LogP contribution in [0.4, 0.5) is 11.4 Å². The van der Waals surface area contributed by atoms with Crippen molar-refractivity contribution >= 4 is 34.0 Å². The van der Waals surface area contributed by atoms with Crippen molar-refractivity contribution in [2.75, 3.05) is 17.2 Å². The number of carbonyl (C=O) groups excluding carboxylic acids is 2. The summed E-state index contributed by atoms with van der Waals surface area (Å²) in [7, 11) is 0. The summed E-state index contributed by atoms with van der Waals surface area (Å²) in [6.45, 7) is 4.12. The Balaban J connectivity index is 1.62. The van der Waals surface area contributed by atoms with E-state index < -0.39 is 0 Å². The molecule has 144 valence electrons. The molecule has 0 aromatic heterocycles. The van der Waals surface area contributed by atoms with Gasteiger partial charge in [-0.05, 0) is 43.0 Å². The van der Waals surface area contributed by atoms with E-state index in [1.807, 2.05) is 56.3 Å². The maximum Gasteiger partial charge on any atom is 0.251 e. The second kappa shape index (κ2) is 9.04. The van der Waals surface area contributed by atoms with E-state index in [1.165, 1.54) is 0 Å². The van der Waals surface area contributed by atoms with E-state index in [0.29, 0.717) is 11.3 Å². The zero-order valence-electron chi connectivity index (χ0n) is 16.2. The van der Waals surface area contributed by atoms with Gasteiger partial charge in [0.15, 0.2) is 0 Å². The van der Waals surface area contributed by atoms with E-state index in [-0.39, 0.29) is 24.4 Å². The summed E-state index contributed by atoms with van der Waals surface area (Å²) in [5.74, 6) is -0.313. The molecule has 0 spiro atoms. The average molecular weight is 375 g/mol. The highest BCUT2D eigenvalue weighted by Crippen LogP contribution is 2.22. The molecule has 3 N–H and O–H groups in total. The molecule has 28 heavy (non-hydrogen) atoms. The summed E-state index contributed by atoms with van der Waals surface area (Å²) in [6.07, 6.45) is 0.863. The van der Waals surface area contributed by atoms with E-state index in [4.69, 9.17) is 0 Å². The summed E-state index contributed by atoms with van der Waals surface area (Å²) in [6, 6.07) is 21.0. The monoisotopic (exact) mass is 375 g/mol. The topological polar surface area (TPSA) is 70.2 Å². The molecule has 5 nitrogen and oxygen atoms in total. The van der Waals surface area contributed by atoms with Gasteiger partial charge in [-0.15, -0.1) is 0 Å². The summed E-state index contributed by atoms with van der Waals surface area (Å²) in [5, 5.41) is 11.1. The normalized spacial score (nSPS) is 11.6. The fourth-order valence-electron chi connectivity index (χ4n) is 2.91. The number of hydrogen-bond acceptors (Lipinski definition) is 3. The van der Waals surface area contributed by atoms with Crippen molar-refractivity contribution in [2.45, 2.75) is 26.3 Å². The number of amides is 2. The first-order valence-corrected chi connectivity index (χ1v) is 9.49. The van der Waals surface area contributed by atoms with E-state index in [9.17, 15) is 9.59 Å². The van der Waals surface area contributed by atoms with Crippen molar-refractivity contribution in [3.05, 3.63) is 72.3 Å². The van der Waals surface area contributed by atoms with Crippen molar-refractivity contribution in [3.8, 4) is 0 Å². The fraction of sp³-hybridized carbons (Fsp3) is 0.217. The molecule has 1 atom stereocenters. The minimum atomic E-state index is -0.174. The number of anilines is 2. The molecule has 0 radical (unpaired) electrons.